The molecule has 18 heavy (non-hydrogen) atoms. The Kier molecular flexibility index (Phi) is 4.04. The smallest absolute Gasteiger partial charge is 0.253 e. The highest BCUT2D eigenvalue weighted by Gasteiger charge is 2.10. The maximum Gasteiger partial charge on any atom is 0.253 e. The van der Waals surface area contributed by atoms with E-state index in [0.717, 1.165) is 10.0 Å². The largest absolute Gasteiger partial charge is 0.398 e. The molecule has 3 N–H and O–H groups in total. The summed E-state index contributed by atoms with van der Waals surface area (Å²) < 4.78 is 0.841. The van der Waals surface area contributed by atoms with Gasteiger partial charge in [0, 0.05) is 16.7 Å². The minimum Gasteiger partial charge on any atom is -0.398 e. The molecule has 0 aliphatic carbocycles. The van der Waals surface area contributed by atoms with Crippen LogP contribution in [0, 0.1) is 6.92 Å². The lowest BCUT2D eigenvalue weighted by Gasteiger charge is -2.08. The van der Waals surface area contributed by atoms with Crippen molar-refractivity contribution in [1.82, 2.24) is 5.32 Å². The second kappa shape index (κ2) is 5.54. The van der Waals surface area contributed by atoms with Gasteiger partial charge < -0.3 is 11.1 Å². The van der Waals surface area contributed by atoms with Crippen LogP contribution in [0.1, 0.15) is 21.5 Å². The fourth-order valence-electron chi connectivity index (χ4n) is 1.56. The molecule has 94 valence electrons. The Morgan fingerprint density at radius 3 is 2.89 bits per heavy atom. The number of anilines is 1. The van der Waals surface area contributed by atoms with Crippen molar-refractivity contribution in [3.8, 4) is 0 Å². The molecular formula is C13H13BrN2OS. The fourth-order valence-corrected chi connectivity index (χ4v) is 2.78. The van der Waals surface area contributed by atoms with Gasteiger partial charge in [0.2, 0.25) is 0 Å². The van der Waals surface area contributed by atoms with Crippen LogP contribution in [0.15, 0.2) is 33.4 Å². The summed E-state index contributed by atoms with van der Waals surface area (Å²) in [5, 5.41) is 6.98. The lowest BCUT2D eigenvalue weighted by Crippen LogP contribution is -2.23. The predicted molar refractivity (Wildman–Crippen MR) is 78.8 cm³/mol. The number of aryl methyl sites for hydroxylation is 1. The van der Waals surface area contributed by atoms with E-state index in [0.29, 0.717) is 17.8 Å². The van der Waals surface area contributed by atoms with Crippen LogP contribution in [-0.2, 0) is 6.54 Å². The number of nitrogens with one attached hydrogen (secondary N) is 1. The molecule has 0 aliphatic heterocycles. The Balaban J connectivity index is 2.08. The van der Waals surface area contributed by atoms with Gasteiger partial charge in [-0.3, -0.25) is 4.79 Å². The molecule has 2 rings (SSSR count). The van der Waals surface area contributed by atoms with E-state index in [2.05, 4.69) is 26.6 Å². The Labute approximate surface area is 118 Å². The van der Waals surface area contributed by atoms with Crippen LogP contribution in [0.2, 0.25) is 0 Å². The van der Waals surface area contributed by atoms with Gasteiger partial charge in [-0.05, 0) is 47.0 Å². The van der Waals surface area contributed by atoms with Gasteiger partial charge >= 0.3 is 0 Å². The Morgan fingerprint density at radius 1 is 1.44 bits per heavy atom. The van der Waals surface area contributed by atoms with Crippen molar-refractivity contribution in [1.29, 1.82) is 0 Å². The third-order valence-electron chi connectivity index (χ3n) is 2.66. The van der Waals surface area contributed by atoms with E-state index in [1.807, 2.05) is 18.4 Å². The zero-order valence-corrected chi connectivity index (χ0v) is 12.3. The molecule has 0 spiro atoms. The Hall–Kier alpha value is -1.33. The third-order valence-corrected chi connectivity index (χ3v) is 4.06. The number of carbonyl (C=O) groups excluding carboxylic acids is 1. The molecule has 1 amide bonds. The van der Waals surface area contributed by atoms with Gasteiger partial charge in [-0.25, -0.2) is 0 Å². The Morgan fingerprint density at radius 2 is 2.22 bits per heavy atom. The van der Waals surface area contributed by atoms with E-state index in [9.17, 15) is 4.79 Å². The zero-order valence-electron chi connectivity index (χ0n) is 9.87. The summed E-state index contributed by atoms with van der Waals surface area (Å²) in [5.74, 6) is -0.153. The molecule has 0 unspecified atom stereocenters. The van der Waals surface area contributed by atoms with Crippen LogP contribution in [-0.4, -0.2) is 5.91 Å². The summed E-state index contributed by atoms with van der Waals surface area (Å²) in [6.45, 7) is 2.56. The first-order chi connectivity index (χ1) is 8.58. The molecular weight excluding hydrogens is 312 g/mol. The number of nitrogens with two attached hydrogens (primary N) is 1. The fraction of sp³-hybridized carbons (Fsp3) is 0.154. The minimum absolute atomic E-state index is 0.153. The number of hydrogen-bond donors (Lipinski definition) is 2. The third kappa shape index (κ3) is 2.91. The summed E-state index contributed by atoms with van der Waals surface area (Å²) in [7, 11) is 0. The number of halogens is 1. The van der Waals surface area contributed by atoms with E-state index in [-0.39, 0.29) is 5.91 Å². The monoisotopic (exact) mass is 324 g/mol. The van der Waals surface area contributed by atoms with E-state index in [1.165, 1.54) is 5.56 Å². The van der Waals surface area contributed by atoms with Crippen molar-refractivity contribution in [2.24, 2.45) is 0 Å². The SMILES string of the molecule is Cc1cscc1CNC(=O)c1cc(Br)ccc1N. The highest BCUT2D eigenvalue weighted by Crippen LogP contribution is 2.19. The van der Waals surface area contributed by atoms with Crippen molar-refractivity contribution in [3.05, 3.63) is 50.1 Å². The lowest BCUT2D eigenvalue weighted by molar-refractivity contribution is 0.0952. The van der Waals surface area contributed by atoms with Crippen molar-refractivity contribution >= 4 is 38.9 Å². The molecule has 1 aromatic carbocycles. The highest BCUT2D eigenvalue weighted by atomic mass is 79.9. The van der Waals surface area contributed by atoms with E-state index in [4.69, 9.17) is 5.73 Å². The number of rotatable bonds is 3. The number of carbonyl (C=O) groups is 1. The highest BCUT2D eigenvalue weighted by molar-refractivity contribution is 9.10. The molecule has 0 radical (unpaired) electrons. The first kappa shape index (κ1) is 13.1. The second-order valence-electron chi connectivity index (χ2n) is 3.99. The van der Waals surface area contributed by atoms with Gasteiger partial charge in [0.05, 0.1) is 5.56 Å². The minimum atomic E-state index is -0.153. The van der Waals surface area contributed by atoms with Gasteiger partial charge in [0.15, 0.2) is 0 Å². The zero-order chi connectivity index (χ0) is 13.1. The van der Waals surface area contributed by atoms with E-state index < -0.39 is 0 Å². The van der Waals surface area contributed by atoms with Crippen molar-refractivity contribution in [2.45, 2.75) is 13.5 Å². The molecule has 0 fully saturated rings. The summed E-state index contributed by atoms with van der Waals surface area (Å²) in [6.07, 6.45) is 0. The average Bonchev–Trinajstić information content (AvgIpc) is 2.75. The number of thiophene rings is 1. The molecule has 1 heterocycles. The van der Waals surface area contributed by atoms with Crippen LogP contribution in [0.25, 0.3) is 0 Å². The van der Waals surface area contributed by atoms with Crippen LogP contribution in [0.5, 0.6) is 0 Å². The normalized spacial score (nSPS) is 10.3. The molecule has 3 nitrogen and oxygen atoms in total. The lowest BCUT2D eigenvalue weighted by atomic mass is 10.1. The predicted octanol–water partition coefficient (Wildman–Crippen LogP) is 3.33. The van der Waals surface area contributed by atoms with Crippen LogP contribution in [0.4, 0.5) is 5.69 Å². The van der Waals surface area contributed by atoms with Crippen molar-refractivity contribution < 1.29 is 4.79 Å². The molecule has 0 bridgehead atoms. The van der Waals surface area contributed by atoms with Crippen molar-refractivity contribution in [2.75, 3.05) is 5.73 Å². The molecule has 5 heteroatoms. The standard InChI is InChI=1S/C13H13BrN2OS/c1-8-6-18-7-9(8)5-16-13(17)11-4-10(14)2-3-12(11)15/h2-4,6-7H,5,15H2,1H3,(H,16,17). The summed E-state index contributed by atoms with van der Waals surface area (Å²) >= 11 is 4.97. The van der Waals surface area contributed by atoms with E-state index in [1.54, 1.807) is 23.5 Å². The van der Waals surface area contributed by atoms with Gasteiger partial charge in [-0.15, -0.1) is 0 Å². The second-order valence-corrected chi connectivity index (χ2v) is 5.65. The average molecular weight is 325 g/mol. The van der Waals surface area contributed by atoms with Gasteiger partial charge in [-0.2, -0.15) is 11.3 Å². The topological polar surface area (TPSA) is 55.1 Å². The summed E-state index contributed by atoms with van der Waals surface area (Å²) in [4.78, 5) is 12.0. The van der Waals surface area contributed by atoms with Gasteiger partial charge in [0.1, 0.15) is 0 Å². The molecule has 1 aromatic heterocycles. The Bertz CT molecular complexity index is 580. The first-order valence-electron chi connectivity index (χ1n) is 5.43. The van der Waals surface area contributed by atoms with Crippen LogP contribution >= 0.6 is 27.3 Å². The van der Waals surface area contributed by atoms with Crippen LogP contribution in [0.3, 0.4) is 0 Å². The number of amides is 1. The maximum absolute atomic E-state index is 12.0. The van der Waals surface area contributed by atoms with Gasteiger partial charge in [-0.1, -0.05) is 15.9 Å². The van der Waals surface area contributed by atoms with Gasteiger partial charge in [0.25, 0.3) is 5.91 Å². The summed E-state index contributed by atoms with van der Waals surface area (Å²) in [5.41, 5.74) is 9.11. The molecule has 0 saturated carbocycles. The summed E-state index contributed by atoms with van der Waals surface area (Å²) in [6, 6.07) is 5.26. The van der Waals surface area contributed by atoms with E-state index >= 15 is 0 Å². The molecule has 0 aliphatic rings. The quantitative estimate of drug-likeness (QED) is 0.851. The number of hydrogen-bond acceptors (Lipinski definition) is 3. The van der Waals surface area contributed by atoms with Crippen molar-refractivity contribution in [3.63, 3.8) is 0 Å². The maximum atomic E-state index is 12.0. The van der Waals surface area contributed by atoms with Crippen LogP contribution < -0.4 is 11.1 Å². The molecule has 0 saturated heterocycles. The number of nitrogen functional groups attached to an aromatic ring is 1. The molecule has 2 aromatic rings. The molecule has 0 atom stereocenters. The first-order valence-corrected chi connectivity index (χ1v) is 7.16. The number of benzene rings is 1.